The average molecular weight is 474 g/mol. The van der Waals surface area contributed by atoms with E-state index in [2.05, 4.69) is 146 Å². The smallest absolute Gasteiger partial charge is 0.0579 e. The zero-order valence-electron chi connectivity index (χ0n) is 21.1. The molecule has 1 heterocycles. The van der Waals surface area contributed by atoms with Gasteiger partial charge >= 0.3 is 0 Å². The second-order valence-corrected chi connectivity index (χ2v) is 9.83. The summed E-state index contributed by atoms with van der Waals surface area (Å²) in [7, 11) is 0. The maximum absolute atomic E-state index is 2.46. The number of rotatable bonds is 3. The van der Waals surface area contributed by atoms with Crippen molar-refractivity contribution in [1.29, 1.82) is 0 Å². The van der Waals surface area contributed by atoms with Crippen molar-refractivity contribution in [1.82, 2.24) is 4.57 Å². The minimum absolute atomic E-state index is 1.18. The van der Waals surface area contributed by atoms with Crippen LogP contribution in [-0.4, -0.2) is 4.57 Å². The molecule has 0 saturated carbocycles. The first-order valence-electron chi connectivity index (χ1n) is 12.9. The van der Waals surface area contributed by atoms with E-state index in [9.17, 15) is 0 Å². The molecule has 0 spiro atoms. The summed E-state index contributed by atoms with van der Waals surface area (Å²) in [6.45, 7) is 4.57. The van der Waals surface area contributed by atoms with Crippen LogP contribution in [0.2, 0.25) is 0 Å². The van der Waals surface area contributed by atoms with Crippen molar-refractivity contribution in [2.24, 2.45) is 0 Å². The molecular formula is C36H27N. The molecule has 0 aliphatic carbocycles. The lowest BCUT2D eigenvalue weighted by Gasteiger charge is -2.19. The highest BCUT2D eigenvalue weighted by Crippen LogP contribution is 2.44. The molecule has 0 unspecified atom stereocenters. The largest absolute Gasteiger partial charge is 0.309 e. The summed E-state index contributed by atoms with van der Waals surface area (Å²) in [5.41, 5.74) is 10.1. The molecule has 0 aliphatic rings. The first kappa shape index (κ1) is 21.6. The van der Waals surface area contributed by atoms with Crippen molar-refractivity contribution in [3.05, 3.63) is 139 Å². The summed E-state index contributed by atoms with van der Waals surface area (Å²) >= 11 is 0. The Morgan fingerprint density at radius 1 is 0.432 bits per heavy atom. The molecule has 176 valence electrons. The molecule has 1 aromatic heterocycles. The molecule has 0 saturated heterocycles. The molecule has 1 heteroatoms. The van der Waals surface area contributed by atoms with Crippen LogP contribution in [0.3, 0.4) is 0 Å². The fraction of sp³-hybridized carbons (Fsp3) is 0.0556. The van der Waals surface area contributed by atoms with Crippen molar-refractivity contribution in [3.63, 3.8) is 0 Å². The number of aryl methyl sites for hydroxylation is 2. The Kier molecular flexibility index (Phi) is 4.97. The van der Waals surface area contributed by atoms with Crippen LogP contribution in [0.5, 0.6) is 0 Å². The number of hydrogen-bond acceptors (Lipinski definition) is 0. The van der Waals surface area contributed by atoms with Crippen molar-refractivity contribution in [2.45, 2.75) is 13.8 Å². The predicted molar refractivity (Wildman–Crippen MR) is 159 cm³/mol. The molecule has 0 N–H and O–H groups in total. The SMILES string of the molecule is Cc1c(-c2c(C)c3cc(-c4ccccc4)ccc3n2-c2ccccc2)c2ccccc2c2ccccc12. The van der Waals surface area contributed by atoms with Crippen LogP contribution >= 0.6 is 0 Å². The highest BCUT2D eigenvalue weighted by atomic mass is 15.0. The molecule has 7 aromatic rings. The van der Waals surface area contributed by atoms with Crippen LogP contribution in [0.4, 0.5) is 0 Å². The Morgan fingerprint density at radius 3 is 1.70 bits per heavy atom. The number of benzene rings is 6. The molecule has 1 nitrogen and oxygen atoms in total. The number of hydrogen-bond donors (Lipinski definition) is 0. The molecule has 0 fully saturated rings. The Balaban J connectivity index is 1.65. The number of aromatic nitrogens is 1. The lowest BCUT2D eigenvalue weighted by molar-refractivity contribution is 1.13. The van der Waals surface area contributed by atoms with E-state index in [0.717, 1.165) is 0 Å². The van der Waals surface area contributed by atoms with Gasteiger partial charge in [-0.05, 0) is 81.9 Å². The van der Waals surface area contributed by atoms with Crippen LogP contribution in [0.15, 0.2) is 127 Å². The first-order chi connectivity index (χ1) is 18.2. The Bertz CT molecular complexity index is 1930. The van der Waals surface area contributed by atoms with E-state index in [1.54, 1.807) is 0 Å². The molecule has 0 amide bonds. The molecule has 7 rings (SSSR count). The maximum Gasteiger partial charge on any atom is 0.0579 e. The van der Waals surface area contributed by atoms with Gasteiger partial charge in [0.15, 0.2) is 0 Å². The highest BCUT2D eigenvalue weighted by molar-refractivity contribution is 6.16. The zero-order valence-corrected chi connectivity index (χ0v) is 21.1. The maximum atomic E-state index is 2.46. The first-order valence-corrected chi connectivity index (χ1v) is 12.9. The summed E-state index contributed by atoms with van der Waals surface area (Å²) in [6, 6.07) is 46.0. The number of para-hydroxylation sites is 1. The van der Waals surface area contributed by atoms with Gasteiger partial charge in [0.05, 0.1) is 11.2 Å². The number of fused-ring (bicyclic) bond motifs is 4. The Labute approximate surface area is 217 Å². The molecule has 0 atom stereocenters. The highest BCUT2D eigenvalue weighted by Gasteiger charge is 2.22. The standard InChI is InChI=1S/C36H27N/c1-24-29-17-9-10-18-30(29)31-19-11-12-20-32(31)35(24)36-25(2)33-23-27(26-13-5-3-6-14-26)21-22-34(33)37(36)28-15-7-4-8-16-28/h3-23H,1-2H3. The van der Waals surface area contributed by atoms with E-state index < -0.39 is 0 Å². The fourth-order valence-corrected chi connectivity index (χ4v) is 6.02. The second-order valence-electron chi connectivity index (χ2n) is 9.83. The van der Waals surface area contributed by atoms with Gasteiger partial charge in [0.25, 0.3) is 0 Å². The van der Waals surface area contributed by atoms with Gasteiger partial charge in [-0.3, -0.25) is 0 Å². The van der Waals surface area contributed by atoms with Crippen molar-refractivity contribution < 1.29 is 0 Å². The van der Waals surface area contributed by atoms with E-state index in [1.165, 1.54) is 71.6 Å². The van der Waals surface area contributed by atoms with Gasteiger partial charge in [0, 0.05) is 16.6 Å². The number of nitrogens with zero attached hydrogens (tertiary/aromatic N) is 1. The van der Waals surface area contributed by atoms with Gasteiger partial charge in [-0.2, -0.15) is 0 Å². The summed E-state index contributed by atoms with van der Waals surface area (Å²) in [5, 5.41) is 6.51. The summed E-state index contributed by atoms with van der Waals surface area (Å²) in [5.74, 6) is 0. The second kappa shape index (κ2) is 8.50. The van der Waals surface area contributed by atoms with Crippen LogP contribution in [0, 0.1) is 13.8 Å². The van der Waals surface area contributed by atoms with Crippen LogP contribution in [0.1, 0.15) is 11.1 Å². The van der Waals surface area contributed by atoms with Gasteiger partial charge in [0.1, 0.15) is 0 Å². The van der Waals surface area contributed by atoms with Gasteiger partial charge in [-0.25, -0.2) is 0 Å². The van der Waals surface area contributed by atoms with Gasteiger partial charge in [0.2, 0.25) is 0 Å². The zero-order chi connectivity index (χ0) is 24.9. The van der Waals surface area contributed by atoms with Crippen LogP contribution < -0.4 is 0 Å². The molecular weight excluding hydrogens is 446 g/mol. The Hall–Kier alpha value is -4.62. The normalized spacial score (nSPS) is 11.5. The van der Waals surface area contributed by atoms with E-state index in [1.807, 2.05) is 0 Å². The van der Waals surface area contributed by atoms with E-state index in [0.29, 0.717) is 0 Å². The third kappa shape index (κ3) is 3.32. The lowest BCUT2D eigenvalue weighted by atomic mass is 9.89. The molecule has 0 aliphatic heterocycles. The molecule has 6 aromatic carbocycles. The van der Waals surface area contributed by atoms with Crippen molar-refractivity contribution in [3.8, 4) is 28.1 Å². The predicted octanol–water partition coefficient (Wildman–Crippen LogP) is 9.89. The lowest BCUT2D eigenvalue weighted by Crippen LogP contribution is -2.00. The summed E-state index contributed by atoms with van der Waals surface area (Å²) in [6.07, 6.45) is 0. The summed E-state index contributed by atoms with van der Waals surface area (Å²) < 4.78 is 2.46. The van der Waals surface area contributed by atoms with Gasteiger partial charge in [-0.15, -0.1) is 0 Å². The minimum atomic E-state index is 1.18. The molecule has 0 radical (unpaired) electrons. The monoisotopic (exact) mass is 473 g/mol. The van der Waals surface area contributed by atoms with Gasteiger partial charge < -0.3 is 4.57 Å². The molecule has 0 bridgehead atoms. The third-order valence-electron chi connectivity index (χ3n) is 7.77. The van der Waals surface area contributed by atoms with Crippen LogP contribution in [0.25, 0.3) is 60.5 Å². The Morgan fingerprint density at radius 2 is 1.00 bits per heavy atom. The topological polar surface area (TPSA) is 4.93 Å². The average Bonchev–Trinajstić information content (AvgIpc) is 3.25. The van der Waals surface area contributed by atoms with E-state index in [-0.39, 0.29) is 0 Å². The van der Waals surface area contributed by atoms with E-state index in [4.69, 9.17) is 0 Å². The quantitative estimate of drug-likeness (QED) is 0.225. The fourth-order valence-electron chi connectivity index (χ4n) is 6.02. The van der Waals surface area contributed by atoms with Gasteiger partial charge in [-0.1, -0.05) is 103 Å². The van der Waals surface area contributed by atoms with Crippen molar-refractivity contribution >= 4 is 32.4 Å². The van der Waals surface area contributed by atoms with E-state index >= 15 is 0 Å². The third-order valence-corrected chi connectivity index (χ3v) is 7.77. The minimum Gasteiger partial charge on any atom is -0.309 e. The summed E-state index contributed by atoms with van der Waals surface area (Å²) in [4.78, 5) is 0. The van der Waals surface area contributed by atoms with Crippen molar-refractivity contribution in [2.75, 3.05) is 0 Å². The molecule has 37 heavy (non-hydrogen) atoms. The van der Waals surface area contributed by atoms with Crippen LogP contribution in [-0.2, 0) is 0 Å².